The highest BCUT2D eigenvalue weighted by molar-refractivity contribution is 5.91. The van der Waals surface area contributed by atoms with Gasteiger partial charge < -0.3 is 10.6 Å². The van der Waals surface area contributed by atoms with Gasteiger partial charge in [0, 0.05) is 17.3 Å². The summed E-state index contributed by atoms with van der Waals surface area (Å²) in [6, 6.07) is 16.1. The summed E-state index contributed by atoms with van der Waals surface area (Å²) in [5.41, 5.74) is 5.02. The monoisotopic (exact) mass is 342 g/mol. The minimum atomic E-state index is 0.445. The average molecular weight is 342 g/mol. The van der Waals surface area contributed by atoms with Crippen LogP contribution < -0.4 is 10.6 Å². The molecule has 4 rings (SSSR count). The van der Waals surface area contributed by atoms with Crippen molar-refractivity contribution < 1.29 is 0 Å². The Morgan fingerprint density at radius 3 is 2.46 bits per heavy atom. The number of aromatic nitrogens is 4. The zero-order valence-electron chi connectivity index (χ0n) is 14.6. The number of hydrogen-bond acceptors (Lipinski definition) is 6. The SMILES string of the molecule is Cc1cccc(C)c1Nc1nncc(Nc2cccc3cccnc23)n1. The molecule has 0 saturated heterocycles. The van der Waals surface area contributed by atoms with Gasteiger partial charge in [0.1, 0.15) is 0 Å². The largest absolute Gasteiger partial charge is 0.337 e. The Bertz CT molecular complexity index is 1050. The van der Waals surface area contributed by atoms with Gasteiger partial charge in [-0.3, -0.25) is 4.98 Å². The van der Waals surface area contributed by atoms with Crippen LogP contribution in [0.2, 0.25) is 0 Å². The summed E-state index contributed by atoms with van der Waals surface area (Å²) in [6.07, 6.45) is 3.37. The summed E-state index contributed by atoms with van der Waals surface area (Å²) in [4.78, 5) is 8.98. The van der Waals surface area contributed by atoms with Gasteiger partial charge in [0.15, 0.2) is 5.82 Å². The minimum absolute atomic E-state index is 0.445. The lowest BCUT2D eigenvalue weighted by molar-refractivity contribution is 0.981. The van der Waals surface area contributed by atoms with Crippen molar-refractivity contribution in [2.75, 3.05) is 10.6 Å². The van der Waals surface area contributed by atoms with Gasteiger partial charge in [-0.1, -0.05) is 36.4 Å². The lowest BCUT2D eigenvalue weighted by Crippen LogP contribution is -2.04. The first-order valence-corrected chi connectivity index (χ1v) is 8.34. The van der Waals surface area contributed by atoms with Crippen LogP contribution in [0, 0.1) is 13.8 Å². The van der Waals surface area contributed by atoms with Gasteiger partial charge in [-0.15, -0.1) is 5.10 Å². The summed E-state index contributed by atoms with van der Waals surface area (Å²) < 4.78 is 0. The maximum absolute atomic E-state index is 4.53. The maximum Gasteiger partial charge on any atom is 0.249 e. The van der Waals surface area contributed by atoms with Crippen LogP contribution in [0.3, 0.4) is 0 Å². The quantitative estimate of drug-likeness (QED) is 0.568. The molecule has 0 unspecified atom stereocenters. The molecule has 0 fully saturated rings. The number of nitrogens with one attached hydrogen (secondary N) is 2. The van der Waals surface area contributed by atoms with E-state index in [1.54, 1.807) is 12.4 Å². The third kappa shape index (κ3) is 3.17. The number of fused-ring (bicyclic) bond motifs is 1. The topological polar surface area (TPSA) is 75.6 Å². The smallest absolute Gasteiger partial charge is 0.249 e. The fourth-order valence-electron chi connectivity index (χ4n) is 2.88. The third-order valence-corrected chi connectivity index (χ3v) is 4.17. The van der Waals surface area contributed by atoms with Gasteiger partial charge in [0.05, 0.1) is 17.4 Å². The van der Waals surface area contributed by atoms with Crippen molar-refractivity contribution in [2.24, 2.45) is 0 Å². The van der Waals surface area contributed by atoms with Crippen LogP contribution in [0.1, 0.15) is 11.1 Å². The summed E-state index contributed by atoms with van der Waals surface area (Å²) in [7, 11) is 0. The minimum Gasteiger partial charge on any atom is -0.337 e. The summed E-state index contributed by atoms with van der Waals surface area (Å²) in [5.74, 6) is 1.05. The number of rotatable bonds is 4. The summed E-state index contributed by atoms with van der Waals surface area (Å²) in [5, 5.41) is 15.8. The molecule has 26 heavy (non-hydrogen) atoms. The van der Waals surface area contributed by atoms with Crippen LogP contribution in [0.25, 0.3) is 10.9 Å². The first-order chi connectivity index (χ1) is 12.7. The lowest BCUT2D eigenvalue weighted by atomic mass is 10.1. The highest BCUT2D eigenvalue weighted by Crippen LogP contribution is 2.25. The maximum atomic E-state index is 4.53. The van der Waals surface area contributed by atoms with Gasteiger partial charge in [-0.2, -0.15) is 10.1 Å². The molecule has 6 nitrogen and oxygen atoms in total. The van der Waals surface area contributed by atoms with E-state index in [4.69, 9.17) is 0 Å². The predicted octanol–water partition coefficient (Wildman–Crippen LogP) is 4.52. The normalized spacial score (nSPS) is 10.7. The highest BCUT2D eigenvalue weighted by atomic mass is 15.3. The van der Waals surface area contributed by atoms with Crippen molar-refractivity contribution in [1.82, 2.24) is 20.2 Å². The number of para-hydroxylation sites is 2. The Balaban J connectivity index is 1.64. The van der Waals surface area contributed by atoms with Crippen molar-refractivity contribution >= 4 is 34.0 Å². The van der Waals surface area contributed by atoms with Gasteiger partial charge in [-0.25, -0.2) is 0 Å². The van der Waals surface area contributed by atoms with Crippen molar-refractivity contribution in [3.8, 4) is 0 Å². The first kappa shape index (κ1) is 16.0. The van der Waals surface area contributed by atoms with Crippen LogP contribution in [-0.4, -0.2) is 20.2 Å². The van der Waals surface area contributed by atoms with Crippen LogP contribution >= 0.6 is 0 Å². The molecule has 0 bridgehead atoms. The van der Waals surface area contributed by atoms with Crippen LogP contribution in [0.4, 0.5) is 23.1 Å². The highest BCUT2D eigenvalue weighted by Gasteiger charge is 2.07. The molecule has 2 aromatic heterocycles. The molecular weight excluding hydrogens is 324 g/mol. The first-order valence-electron chi connectivity index (χ1n) is 8.34. The Hall–Kier alpha value is -3.54. The van der Waals surface area contributed by atoms with E-state index in [-0.39, 0.29) is 0 Å². The molecule has 0 amide bonds. The van der Waals surface area contributed by atoms with Gasteiger partial charge in [-0.05, 0) is 37.1 Å². The molecule has 0 aliphatic heterocycles. The number of hydrogen-bond donors (Lipinski definition) is 2. The molecule has 0 radical (unpaired) electrons. The Labute approximate surface area is 151 Å². The molecule has 4 aromatic rings. The van der Waals surface area contributed by atoms with E-state index < -0.39 is 0 Å². The molecule has 0 spiro atoms. The zero-order chi connectivity index (χ0) is 17.9. The average Bonchev–Trinajstić information content (AvgIpc) is 2.66. The van der Waals surface area contributed by atoms with Crippen molar-refractivity contribution in [1.29, 1.82) is 0 Å². The number of nitrogens with zero attached hydrogens (tertiary/aromatic N) is 4. The Morgan fingerprint density at radius 2 is 1.62 bits per heavy atom. The van der Waals surface area contributed by atoms with Crippen molar-refractivity contribution in [3.63, 3.8) is 0 Å². The Morgan fingerprint density at radius 1 is 0.846 bits per heavy atom. The third-order valence-electron chi connectivity index (χ3n) is 4.17. The molecule has 128 valence electrons. The zero-order valence-corrected chi connectivity index (χ0v) is 14.6. The molecule has 2 aromatic carbocycles. The fraction of sp³-hybridized carbons (Fsp3) is 0.100. The second-order valence-electron chi connectivity index (χ2n) is 6.06. The standard InChI is InChI=1S/C20H18N6/c1-13-6-3-7-14(2)18(13)25-20-24-17(12-22-26-20)23-16-10-4-8-15-9-5-11-21-19(15)16/h3-12H,1-2H3,(H2,23,24,25,26). The fourth-order valence-corrected chi connectivity index (χ4v) is 2.88. The van der Waals surface area contributed by atoms with Crippen molar-refractivity contribution in [2.45, 2.75) is 13.8 Å². The van der Waals surface area contributed by atoms with E-state index in [0.717, 1.165) is 33.4 Å². The van der Waals surface area contributed by atoms with E-state index in [1.807, 2.05) is 62.4 Å². The van der Waals surface area contributed by atoms with Gasteiger partial charge in [0.2, 0.25) is 5.95 Å². The van der Waals surface area contributed by atoms with Crippen molar-refractivity contribution in [3.05, 3.63) is 72.1 Å². The molecule has 0 saturated carbocycles. The molecule has 2 heterocycles. The van der Waals surface area contributed by atoms with Crippen LogP contribution in [-0.2, 0) is 0 Å². The molecular formula is C20H18N6. The molecule has 0 atom stereocenters. The second kappa shape index (κ2) is 6.76. The van der Waals surface area contributed by atoms with E-state index in [0.29, 0.717) is 11.8 Å². The number of benzene rings is 2. The second-order valence-corrected chi connectivity index (χ2v) is 6.06. The lowest BCUT2D eigenvalue weighted by Gasteiger charge is -2.12. The van der Waals surface area contributed by atoms with Crippen LogP contribution in [0.5, 0.6) is 0 Å². The van der Waals surface area contributed by atoms with Gasteiger partial charge in [0.25, 0.3) is 0 Å². The number of anilines is 4. The number of aryl methyl sites for hydroxylation is 2. The van der Waals surface area contributed by atoms with E-state index in [9.17, 15) is 0 Å². The molecule has 0 aliphatic carbocycles. The summed E-state index contributed by atoms with van der Waals surface area (Å²) in [6.45, 7) is 4.10. The molecule has 2 N–H and O–H groups in total. The molecule has 6 heteroatoms. The Kier molecular flexibility index (Phi) is 4.15. The number of pyridine rings is 1. The van der Waals surface area contributed by atoms with Gasteiger partial charge >= 0.3 is 0 Å². The van der Waals surface area contributed by atoms with Crippen LogP contribution in [0.15, 0.2) is 60.9 Å². The van der Waals surface area contributed by atoms with E-state index >= 15 is 0 Å². The van der Waals surface area contributed by atoms with E-state index in [1.165, 1.54) is 0 Å². The van der Waals surface area contributed by atoms with E-state index in [2.05, 4.69) is 30.8 Å². The molecule has 0 aliphatic rings. The predicted molar refractivity (Wildman–Crippen MR) is 104 cm³/mol. The summed E-state index contributed by atoms with van der Waals surface area (Å²) >= 11 is 0.